The fourth-order valence-electron chi connectivity index (χ4n) is 2.93. The molecule has 4 heteroatoms. The third kappa shape index (κ3) is 7.28. The number of hydrogen-bond donors (Lipinski definition) is 2. The first-order valence-electron chi connectivity index (χ1n) is 8.91. The van der Waals surface area contributed by atoms with Crippen molar-refractivity contribution in [1.82, 2.24) is 15.5 Å². The number of nitrogens with one attached hydrogen (secondary N) is 2. The van der Waals surface area contributed by atoms with Gasteiger partial charge in [-0.05, 0) is 64.7 Å². The number of hydrogen-bond acceptors (Lipinski definition) is 3. The predicted molar refractivity (Wildman–Crippen MR) is 89.5 cm³/mol. The van der Waals surface area contributed by atoms with Crippen LogP contribution >= 0.6 is 0 Å². The van der Waals surface area contributed by atoms with Crippen LogP contribution in [-0.4, -0.2) is 49.6 Å². The number of piperidine rings is 1. The standard InChI is InChI=1S/C17H35N3O/c1-4-6-7-11-19-17(21)15(3)20-12-8-16(9-13-20)14-18-10-5-2/h15-16,18H,4-14H2,1-3H3,(H,19,21). The average Bonchev–Trinajstić information content (AvgIpc) is 2.51. The Hall–Kier alpha value is -0.610. The number of carbonyl (C=O) groups is 1. The first-order valence-corrected chi connectivity index (χ1v) is 8.91. The Bertz CT molecular complexity index is 275. The van der Waals surface area contributed by atoms with E-state index in [1.807, 2.05) is 6.92 Å². The Morgan fingerprint density at radius 1 is 1.14 bits per heavy atom. The predicted octanol–water partition coefficient (Wildman–Crippen LogP) is 2.39. The van der Waals surface area contributed by atoms with Gasteiger partial charge in [-0.15, -0.1) is 0 Å². The Morgan fingerprint density at radius 3 is 2.48 bits per heavy atom. The van der Waals surface area contributed by atoms with E-state index in [4.69, 9.17) is 0 Å². The zero-order valence-electron chi connectivity index (χ0n) is 14.3. The lowest BCUT2D eigenvalue weighted by Crippen LogP contribution is -2.49. The molecule has 0 spiro atoms. The van der Waals surface area contributed by atoms with Crippen molar-refractivity contribution < 1.29 is 4.79 Å². The zero-order valence-corrected chi connectivity index (χ0v) is 14.3. The van der Waals surface area contributed by atoms with E-state index in [0.29, 0.717) is 0 Å². The van der Waals surface area contributed by atoms with Gasteiger partial charge in [0.15, 0.2) is 0 Å². The Morgan fingerprint density at radius 2 is 1.86 bits per heavy atom. The first-order chi connectivity index (χ1) is 10.2. The van der Waals surface area contributed by atoms with Crippen molar-refractivity contribution in [3.63, 3.8) is 0 Å². The number of likely N-dealkylation sites (tertiary alicyclic amines) is 1. The average molecular weight is 297 g/mol. The van der Waals surface area contributed by atoms with Gasteiger partial charge in [-0.1, -0.05) is 26.7 Å². The minimum atomic E-state index is 0.0242. The molecule has 0 radical (unpaired) electrons. The molecule has 0 saturated carbocycles. The summed E-state index contributed by atoms with van der Waals surface area (Å²) in [5.74, 6) is 0.987. The van der Waals surface area contributed by atoms with E-state index < -0.39 is 0 Å². The van der Waals surface area contributed by atoms with Gasteiger partial charge in [-0.25, -0.2) is 0 Å². The molecule has 0 aromatic carbocycles. The lowest BCUT2D eigenvalue weighted by Gasteiger charge is -2.35. The van der Waals surface area contributed by atoms with Crippen LogP contribution in [0.4, 0.5) is 0 Å². The highest BCUT2D eigenvalue weighted by Gasteiger charge is 2.26. The molecule has 1 unspecified atom stereocenters. The molecule has 1 heterocycles. The van der Waals surface area contributed by atoms with E-state index in [0.717, 1.165) is 45.1 Å². The second-order valence-electron chi connectivity index (χ2n) is 6.36. The molecule has 1 atom stereocenters. The van der Waals surface area contributed by atoms with E-state index in [1.54, 1.807) is 0 Å². The number of rotatable bonds is 10. The quantitative estimate of drug-likeness (QED) is 0.609. The highest BCUT2D eigenvalue weighted by Crippen LogP contribution is 2.18. The molecule has 4 nitrogen and oxygen atoms in total. The number of unbranched alkanes of at least 4 members (excludes halogenated alkanes) is 2. The van der Waals surface area contributed by atoms with Crippen molar-refractivity contribution in [2.24, 2.45) is 5.92 Å². The highest BCUT2D eigenvalue weighted by molar-refractivity contribution is 5.81. The second kappa shape index (κ2) is 11.0. The van der Waals surface area contributed by atoms with Crippen molar-refractivity contribution in [3.05, 3.63) is 0 Å². The SMILES string of the molecule is CCCCCNC(=O)C(C)N1CCC(CNCCC)CC1. The molecule has 0 aromatic heterocycles. The molecular weight excluding hydrogens is 262 g/mol. The van der Waals surface area contributed by atoms with Gasteiger partial charge in [-0.2, -0.15) is 0 Å². The molecule has 2 N–H and O–H groups in total. The number of nitrogens with zero attached hydrogens (tertiary/aromatic N) is 1. The summed E-state index contributed by atoms with van der Waals surface area (Å²) in [6.07, 6.45) is 7.12. The number of carbonyl (C=O) groups excluding carboxylic acids is 1. The van der Waals surface area contributed by atoms with Gasteiger partial charge in [0.05, 0.1) is 6.04 Å². The van der Waals surface area contributed by atoms with Crippen LogP contribution in [0.3, 0.4) is 0 Å². The van der Waals surface area contributed by atoms with Crippen molar-refractivity contribution in [1.29, 1.82) is 0 Å². The monoisotopic (exact) mass is 297 g/mol. The molecule has 0 bridgehead atoms. The Balaban J connectivity index is 2.18. The summed E-state index contributed by atoms with van der Waals surface area (Å²) in [5.41, 5.74) is 0. The van der Waals surface area contributed by atoms with Gasteiger partial charge in [0, 0.05) is 6.54 Å². The maximum atomic E-state index is 12.1. The third-order valence-electron chi connectivity index (χ3n) is 4.52. The summed E-state index contributed by atoms with van der Waals surface area (Å²) in [6.45, 7) is 11.6. The normalized spacial score (nSPS) is 18.6. The summed E-state index contributed by atoms with van der Waals surface area (Å²) in [7, 11) is 0. The van der Waals surface area contributed by atoms with Crippen LogP contribution in [0.25, 0.3) is 0 Å². The van der Waals surface area contributed by atoms with Crippen LogP contribution in [0.1, 0.15) is 59.3 Å². The maximum absolute atomic E-state index is 12.1. The summed E-state index contributed by atoms with van der Waals surface area (Å²) >= 11 is 0. The maximum Gasteiger partial charge on any atom is 0.237 e. The van der Waals surface area contributed by atoms with Crippen molar-refractivity contribution in [3.8, 4) is 0 Å². The van der Waals surface area contributed by atoms with Gasteiger partial charge < -0.3 is 10.6 Å². The minimum absolute atomic E-state index is 0.0242. The van der Waals surface area contributed by atoms with Crippen LogP contribution in [-0.2, 0) is 4.79 Å². The summed E-state index contributed by atoms with van der Waals surface area (Å²) in [4.78, 5) is 14.5. The lowest BCUT2D eigenvalue weighted by atomic mass is 9.95. The van der Waals surface area contributed by atoms with Crippen molar-refractivity contribution in [2.45, 2.75) is 65.3 Å². The van der Waals surface area contributed by atoms with Gasteiger partial charge >= 0.3 is 0 Å². The summed E-state index contributed by atoms with van der Waals surface area (Å²) in [5, 5.41) is 6.59. The minimum Gasteiger partial charge on any atom is -0.355 e. The molecular formula is C17H35N3O. The van der Waals surface area contributed by atoms with Crippen LogP contribution in [0.2, 0.25) is 0 Å². The largest absolute Gasteiger partial charge is 0.355 e. The Kier molecular flexibility index (Phi) is 9.68. The Labute approximate surface area is 131 Å². The molecule has 1 amide bonds. The van der Waals surface area contributed by atoms with E-state index >= 15 is 0 Å². The van der Waals surface area contributed by atoms with Crippen LogP contribution in [0.15, 0.2) is 0 Å². The van der Waals surface area contributed by atoms with Gasteiger partial charge in [-0.3, -0.25) is 9.69 Å². The molecule has 0 aromatic rings. The highest BCUT2D eigenvalue weighted by atomic mass is 16.2. The number of amides is 1. The zero-order chi connectivity index (χ0) is 15.5. The fourth-order valence-corrected chi connectivity index (χ4v) is 2.93. The molecule has 1 aliphatic rings. The van der Waals surface area contributed by atoms with Crippen molar-refractivity contribution in [2.75, 3.05) is 32.7 Å². The molecule has 1 fully saturated rings. The van der Waals surface area contributed by atoms with Crippen LogP contribution in [0, 0.1) is 5.92 Å². The van der Waals surface area contributed by atoms with Crippen LogP contribution < -0.4 is 10.6 Å². The van der Waals surface area contributed by atoms with Crippen molar-refractivity contribution >= 4 is 5.91 Å². The fraction of sp³-hybridized carbons (Fsp3) is 0.941. The third-order valence-corrected chi connectivity index (χ3v) is 4.52. The topological polar surface area (TPSA) is 44.4 Å². The molecule has 21 heavy (non-hydrogen) atoms. The lowest BCUT2D eigenvalue weighted by molar-refractivity contribution is -0.126. The van der Waals surface area contributed by atoms with Gasteiger partial charge in [0.1, 0.15) is 0 Å². The second-order valence-corrected chi connectivity index (χ2v) is 6.36. The van der Waals surface area contributed by atoms with E-state index in [9.17, 15) is 4.79 Å². The first kappa shape index (κ1) is 18.4. The molecule has 1 saturated heterocycles. The van der Waals surface area contributed by atoms with Gasteiger partial charge in [0.2, 0.25) is 5.91 Å². The van der Waals surface area contributed by atoms with E-state index in [1.165, 1.54) is 32.1 Å². The molecule has 1 aliphatic heterocycles. The van der Waals surface area contributed by atoms with Crippen LogP contribution in [0.5, 0.6) is 0 Å². The van der Waals surface area contributed by atoms with E-state index in [-0.39, 0.29) is 11.9 Å². The summed E-state index contributed by atoms with van der Waals surface area (Å²) in [6, 6.07) is 0.0242. The molecule has 1 rings (SSSR count). The molecule has 124 valence electrons. The van der Waals surface area contributed by atoms with E-state index in [2.05, 4.69) is 29.4 Å². The smallest absolute Gasteiger partial charge is 0.237 e. The molecule has 0 aliphatic carbocycles. The summed E-state index contributed by atoms with van der Waals surface area (Å²) < 4.78 is 0. The van der Waals surface area contributed by atoms with Gasteiger partial charge in [0.25, 0.3) is 0 Å².